The lowest BCUT2D eigenvalue weighted by atomic mass is 10.0. The van der Waals surface area contributed by atoms with Crippen LogP contribution < -0.4 is 4.72 Å². The summed E-state index contributed by atoms with van der Waals surface area (Å²) in [5, 5.41) is 0. The van der Waals surface area contributed by atoms with Crippen LogP contribution in [-0.4, -0.2) is 44.6 Å². The monoisotopic (exact) mass is 399 g/mol. The second-order valence-corrected chi connectivity index (χ2v) is 7.25. The molecule has 0 radical (unpaired) electrons. The van der Waals surface area contributed by atoms with Gasteiger partial charge >= 0.3 is 0 Å². The molecule has 0 fully saturated rings. The van der Waals surface area contributed by atoms with Gasteiger partial charge in [-0.3, -0.25) is 4.72 Å². The van der Waals surface area contributed by atoms with Crippen LogP contribution in [0, 0.1) is 17.7 Å². The van der Waals surface area contributed by atoms with Crippen LogP contribution in [0.15, 0.2) is 40.3 Å². The van der Waals surface area contributed by atoms with Crippen molar-refractivity contribution in [2.75, 3.05) is 20.8 Å². The Hall–Kier alpha value is -1.60. The third-order valence-corrected chi connectivity index (χ3v) is 3.34. The second-order valence-electron chi connectivity index (χ2n) is 6.94. The van der Waals surface area contributed by atoms with Gasteiger partial charge in [-0.25, -0.2) is 14.4 Å². The molecule has 1 aromatic rings. The quantitative estimate of drug-likeness (QED) is 0.741. The lowest BCUT2D eigenvalue weighted by molar-refractivity contribution is 0.333. The van der Waals surface area contributed by atoms with Gasteiger partial charge in [0.1, 0.15) is 17.9 Å². The van der Waals surface area contributed by atoms with Crippen LogP contribution in [0.2, 0.25) is 0 Å². The molecule has 5 nitrogen and oxygen atoms in total. The zero-order valence-electron chi connectivity index (χ0n) is 17.4. The fourth-order valence-corrected chi connectivity index (χ4v) is 2.17. The molecule has 2 rings (SSSR count). The molecule has 0 aromatic heterocycles. The maximum absolute atomic E-state index is 11.9. The van der Waals surface area contributed by atoms with E-state index in [1.807, 2.05) is 0 Å². The number of hydrogen-bond acceptors (Lipinski definition) is 6. The Morgan fingerprint density at radius 1 is 1.00 bits per heavy atom. The fraction of sp³-hybridized carbons (Fsp3) is 0.600. The number of nitrogens with zero attached hydrogens (tertiary/aromatic N) is 2. The molecule has 2 atom stereocenters. The van der Waals surface area contributed by atoms with Crippen molar-refractivity contribution in [1.82, 2.24) is 4.72 Å². The van der Waals surface area contributed by atoms with Gasteiger partial charge in [0.05, 0.1) is 14.2 Å². The normalized spacial score (nSPS) is 18.5. The maximum Gasteiger partial charge on any atom is 0.210 e. The number of nitrogens with one attached hydrogen (secondary N) is 1. The molecule has 7 heteroatoms. The van der Waals surface area contributed by atoms with E-state index in [0.29, 0.717) is 24.3 Å². The van der Waals surface area contributed by atoms with Crippen LogP contribution in [0.3, 0.4) is 0 Å². The molecule has 0 amide bonds. The van der Waals surface area contributed by atoms with E-state index in [9.17, 15) is 4.39 Å². The lowest BCUT2D eigenvalue weighted by Gasteiger charge is -2.26. The van der Waals surface area contributed by atoms with Crippen molar-refractivity contribution in [3.63, 3.8) is 0 Å². The van der Waals surface area contributed by atoms with Gasteiger partial charge in [0.2, 0.25) is 11.8 Å². The van der Waals surface area contributed by atoms with Crippen LogP contribution in [0.1, 0.15) is 34.6 Å². The van der Waals surface area contributed by atoms with Gasteiger partial charge < -0.3 is 9.47 Å². The van der Waals surface area contributed by atoms with Gasteiger partial charge in [-0.1, -0.05) is 65.6 Å². The van der Waals surface area contributed by atoms with Crippen molar-refractivity contribution in [1.29, 1.82) is 0 Å². The standard InChI is InChI=1S/C10H19N3O2S.C6H5F.C4H10/c1-6(2)8-10(15-4)12-7(5-11-16)9(13-8)14-3;7-6-4-2-1-3-5-6;1-4(2)3/h6-8,11,16H,5H2,1-4H3;1-5H;4H,1-3H3. The van der Waals surface area contributed by atoms with Gasteiger partial charge in [0.15, 0.2) is 0 Å². The Morgan fingerprint density at radius 3 is 1.85 bits per heavy atom. The highest BCUT2D eigenvalue weighted by atomic mass is 32.1. The summed E-state index contributed by atoms with van der Waals surface area (Å²) < 4.78 is 25.2. The van der Waals surface area contributed by atoms with Gasteiger partial charge in [0, 0.05) is 6.54 Å². The van der Waals surface area contributed by atoms with Crippen LogP contribution in [0.5, 0.6) is 0 Å². The first kappa shape index (κ1) is 25.4. The van der Waals surface area contributed by atoms with Gasteiger partial charge in [-0.2, -0.15) is 0 Å². The number of aliphatic imine (C=N–C) groups is 2. The summed E-state index contributed by atoms with van der Waals surface area (Å²) in [7, 11) is 3.22. The summed E-state index contributed by atoms with van der Waals surface area (Å²) in [6.45, 7) is 11.2. The zero-order chi connectivity index (χ0) is 20.8. The second kappa shape index (κ2) is 14.5. The number of halogens is 1. The van der Waals surface area contributed by atoms with E-state index in [0.717, 1.165) is 5.92 Å². The summed E-state index contributed by atoms with van der Waals surface area (Å²) in [5.41, 5.74) is 0. The number of ether oxygens (including phenoxy) is 2. The molecule has 2 unspecified atom stereocenters. The highest BCUT2D eigenvalue weighted by Crippen LogP contribution is 2.17. The number of rotatable bonds is 3. The minimum atomic E-state index is -0.178. The summed E-state index contributed by atoms with van der Waals surface area (Å²) in [6, 6.07) is 7.72. The summed E-state index contributed by atoms with van der Waals surface area (Å²) in [6.07, 6.45) is 0. The molecular formula is C20H34FN3O2S. The van der Waals surface area contributed by atoms with Crippen molar-refractivity contribution >= 4 is 24.6 Å². The first-order valence-corrected chi connectivity index (χ1v) is 9.52. The molecule has 0 saturated heterocycles. The van der Waals surface area contributed by atoms with Crippen molar-refractivity contribution in [3.05, 3.63) is 36.1 Å². The largest absolute Gasteiger partial charge is 0.483 e. The minimum Gasteiger partial charge on any atom is -0.483 e. The molecule has 0 spiro atoms. The van der Waals surface area contributed by atoms with Crippen molar-refractivity contribution in [2.24, 2.45) is 21.8 Å². The Kier molecular flexibility index (Phi) is 13.6. The molecule has 154 valence electrons. The highest BCUT2D eigenvalue weighted by molar-refractivity contribution is 7.78. The predicted octanol–water partition coefficient (Wildman–Crippen LogP) is 4.41. The number of thiol groups is 1. The number of benzene rings is 1. The van der Waals surface area contributed by atoms with Crippen LogP contribution in [0.25, 0.3) is 0 Å². The van der Waals surface area contributed by atoms with E-state index in [4.69, 9.17) is 9.47 Å². The zero-order valence-corrected chi connectivity index (χ0v) is 18.3. The van der Waals surface area contributed by atoms with Gasteiger partial charge in [-0.05, 0) is 24.0 Å². The Labute approximate surface area is 169 Å². The number of hydrogen-bond donors (Lipinski definition) is 2. The van der Waals surface area contributed by atoms with Crippen molar-refractivity contribution in [2.45, 2.75) is 46.7 Å². The molecule has 0 aliphatic carbocycles. The summed E-state index contributed by atoms with van der Waals surface area (Å²) in [4.78, 5) is 8.99. The van der Waals surface area contributed by atoms with E-state index >= 15 is 0 Å². The van der Waals surface area contributed by atoms with Crippen LogP contribution >= 0.6 is 12.8 Å². The Balaban J connectivity index is 0.000000503. The third-order valence-electron chi connectivity index (χ3n) is 3.15. The maximum atomic E-state index is 11.9. The van der Waals surface area contributed by atoms with Crippen LogP contribution in [0.4, 0.5) is 4.39 Å². The molecule has 1 N–H and O–H groups in total. The van der Waals surface area contributed by atoms with Gasteiger partial charge in [0.25, 0.3) is 0 Å². The SMILES string of the molecule is CC(C)C.COC1=NC(C(C)C)C(OC)=NC1CNS.Fc1ccccc1. The van der Waals surface area contributed by atoms with Gasteiger partial charge in [-0.15, -0.1) is 0 Å². The Morgan fingerprint density at radius 2 is 1.52 bits per heavy atom. The van der Waals surface area contributed by atoms with E-state index in [1.54, 1.807) is 32.4 Å². The van der Waals surface area contributed by atoms with Crippen LogP contribution in [-0.2, 0) is 9.47 Å². The summed E-state index contributed by atoms with van der Waals surface area (Å²) in [5.74, 6) is 2.27. The average molecular weight is 400 g/mol. The molecule has 0 saturated carbocycles. The molecule has 1 heterocycles. The smallest absolute Gasteiger partial charge is 0.210 e. The molecule has 1 aliphatic heterocycles. The first-order valence-electron chi connectivity index (χ1n) is 9.07. The third kappa shape index (κ3) is 11.0. The van der Waals surface area contributed by atoms with E-state index in [-0.39, 0.29) is 17.9 Å². The topological polar surface area (TPSA) is 55.2 Å². The van der Waals surface area contributed by atoms with E-state index < -0.39 is 0 Å². The van der Waals surface area contributed by atoms with Crippen molar-refractivity contribution < 1.29 is 13.9 Å². The molecule has 27 heavy (non-hydrogen) atoms. The highest BCUT2D eigenvalue weighted by Gasteiger charge is 2.30. The van der Waals surface area contributed by atoms with E-state index in [2.05, 4.69) is 62.1 Å². The van der Waals surface area contributed by atoms with Crippen molar-refractivity contribution in [3.8, 4) is 0 Å². The molecular weight excluding hydrogens is 365 g/mol. The lowest BCUT2D eigenvalue weighted by Crippen LogP contribution is -2.40. The molecule has 1 aliphatic rings. The minimum absolute atomic E-state index is 0.0592. The Bertz CT molecular complexity index is 563. The fourth-order valence-electron chi connectivity index (χ4n) is 1.99. The molecule has 1 aromatic carbocycles. The first-order chi connectivity index (χ1) is 12.8. The molecule has 0 bridgehead atoms. The number of methoxy groups -OCH3 is 2. The summed E-state index contributed by atoms with van der Waals surface area (Å²) >= 11 is 3.96. The predicted molar refractivity (Wildman–Crippen MR) is 115 cm³/mol. The van der Waals surface area contributed by atoms with E-state index in [1.165, 1.54) is 12.1 Å². The average Bonchev–Trinajstić information content (AvgIpc) is 2.62.